The molecule has 2 amide bonds. The summed E-state index contributed by atoms with van der Waals surface area (Å²) in [6, 6.07) is 16.9. The van der Waals surface area contributed by atoms with Crippen LogP contribution in [0, 0.1) is 0 Å². The maximum absolute atomic E-state index is 12.4. The van der Waals surface area contributed by atoms with Gasteiger partial charge in [-0.3, -0.25) is 9.59 Å². The van der Waals surface area contributed by atoms with Gasteiger partial charge in [0, 0.05) is 25.3 Å². The number of piperazine rings is 1. The van der Waals surface area contributed by atoms with E-state index in [9.17, 15) is 9.59 Å². The van der Waals surface area contributed by atoms with Gasteiger partial charge in [-0.15, -0.1) is 0 Å². The second kappa shape index (κ2) is 7.17. The molecule has 1 aliphatic heterocycles. The van der Waals surface area contributed by atoms with Crippen molar-refractivity contribution < 1.29 is 14.3 Å². The summed E-state index contributed by atoms with van der Waals surface area (Å²) < 4.78 is 5.40. The lowest BCUT2D eigenvalue weighted by Crippen LogP contribution is -2.54. The van der Waals surface area contributed by atoms with E-state index in [1.165, 1.54) is 4.90 Å². The Bertz CT molecular complexity index is 713. The molecule has 24 heavy (non-hydrogen) atoms. The van der Waals surface area contributed by atoms with E-state index in [1.54, 1.807) is 4.90 Å². The predicted octanol–water partition coefficient (Wildman–Crippen LogP) is 2.46. The number of hydrogen-bond acceptors (Lipinski definition) is 3. The van der Waals surface area contributed by atoms with Crippen molar-refractivity contribution in [2.75, 3.05) is 24.6 Å². The van der Waals surface area contributed by atoms with Gasteiger partial charge in [-0.2, -0.15) is 0 Å². The van der Waals surface area contributed by atoms with Crippen LogP contribution in [0.25, 0.3) is 0 Å². The molecule has 2 aromatic rings. The zero-order valence-corrected chi connectivity index (χ0v) is 13.6. The van der Waals surface area contributed by atoms with Crippen LogP contribution < -0.4 is 9.64 Å². The first kappa shape index (κ1) is 16.1. The molecule has 0 atom stereocenters. The molecule has 1 heterocycles. The van der Waals surface area contributed by atoms with Gasteiger partial charge in [0.15, 0.2) is 0 Å². The van der Waals surface area contributed by atoms with Crippen LogP contribution in [0.15, 0.2) is 54.6 Å². The highest BCUT2D eigenvalue weighted by molar-refractivity contribution is 6.40. The summed E-state index contributed by atoms with van der Waals surface area (Å²) in [5, 5.41) is 0. The van der Waals surface area contributed by atoms with Gasteiger partial charge >= 0.3 is 11.8 Å². The van der Waals surface area contributed by atoms with Gasteiger partial charge < -0.3 is 14.5 Å². The quantitative estimate of drug-likeness (QED) is 0.794. The van der Waals surface area contributed by atoms with Crippen LogP contribution in [0.4, 0.5) is 5.69 Å². The van der Waals surface area contributed by atoms with Crippen molar-refractivity contribution in [1.29, 1.82) is 0 Å². The fraction of sp³-hybridized carbons (Fsp3) is 0.263. The molecule has 0 radical (unpaired) electrons. The van der Waals surface area contributed by atoms with E-state index in [1.807, 2.05) is 61.5 Å². The molecule has 1 fully saturated rings. The summed E-state index contributed by atoms with van der Waals surface area (Å²) in [5.74, 6) is -0.192. The molecular weight excluding hydrogens is 304 g/mol. The van der Waals surface area contributed by atoms with Crippen LogP contribution in [0.1, 0.15) is 12.5 Å². The smallest absolute Gasteiger partial charge is 0.316 e. The summed E-state index contributed by atoms with van der Waals surface area (Å²) in [7, 11) is 0. The Morgan fingerprint density at radius 3 is 2.29 bits per heavy atom. The van der Waals surface area contributed by atoms with Gasteiger partial charge in [0.05, 0.1) is 6.61 Å². The molecule has 3 rings (SSSR count). The number of carbonyl (C=O) groups is 2. The molecule has 5 nitrogen and oxygen atoms in total. The van der Waals surface area contributed by atoms with E-state index in [0.29, 0.717) is 26.2 Å². The predicted molar refractivity (Wildman–Crippen MR) is 91.8 cm³/mol. The van der Waals surface area contributed by atoms with Crippen LogP contribution in [-0.2, 0) is 16.1 Å². The normalized spacial score (nSPS) is 14.9. The van der Waals surface area contributed by atoms with Crippen molar-refractivity contribution in [1.82, 2.24) is 4.90 Å². The van der Waals surface area contributed by atoms with E-state index in [-0.39, 0.29) is 0 Å². The Kier molecular flexibility index (Phi) is 4.79. The molecule has 124 valence electrons. The van der Waals surface area contributed by atoms with Crippen LogP contribution >= 0.6 is 0 Å². The molecule has 0 spiro atoms. The first-order chi connectivity index (χ1) is 11.7. The van der Waals surface area contributed by atoms with Crippen molar-refractivity contribution in [3.63, 3.8) is 0 Å². The second-order valence-corrected chi connectivity index (χ2v) is 5.60. The Balaban J connectivity index is 1.69. The Morgan fingerprint density at radius 1 is 0.917 bits per heavy atom. The van der Waals surface area contributed by atoms with Gasteiger partial charge in [0.25, 0.3) is 0 Å². The van der Waals surface area contributed by atoms with E-state index >= 15 is 0 Å². The van der Waals surface area contributed by atoms with Gasteiger partial charge in [0.2, 0.25) is 0 Å². The number of carbonyl (C=O) groups excluding carboxylic acids is 2. The van der Waals surface area contributed by atoms with E-state index in [0.717, 1.165) is 17.0 Å². The first-order valence-electron chi connectivity index (χ1n) is 8.06. The first-order valence-corrected chi connectivity index (χ1v) is 8.06. The summed E-state index contributed by atoms with van der Waals surface area (Å²) in [4.78, 5) is 28.0. The molecule has 0 bridgehead atoms. The average Bonchev–Trinajstić information content (AvgIpc) is 2.61. The molecule has 1 saturated heterocycles. The highest BCUT2D eigenvalue weighted by Gasteiger charge is 2.33. The van der Waals surface area contributed by atoms with E-state index in [2.05, 4.69) is 0 Å². The number of nitrogens with zero attached hydrogens (tertiary/aromatic N) is 2. The number of amides is 2. The largest absolute Gasteiger partial charge is 0.494 e. The zero-order chi connectivity index (χ0) is 16.9. The minimum absolute atomic E-state index is 0.459. The van der Waals surface area contributed by atoms with Crippen molar-refractivity contribution in [3.05, 3.63) is 60.2 Å². The Hall–Kier alpha value is -2.82. The molecule has 2 aromatic carbocycles. The summed E-state index contributed by atoms with van der Waals surface area (Å²) in [5.41, 5.74) is 1.74. The van der Waals surface area contributed by atoms with E-state index in [4.69, 9.17) is 4.74 Å². The fourth-order valence-electron chi connectivity index (χ4n) is 2.76. The lowest BCUT2D eigenvalue weighted by Gasteiger charge is -2.33. The monoisotopic (exact) mass is 324 g/mol. The van der Waals surface area contributed by atoms with E-state index < -0.39 is 11.8 Å². The van der Waals surface area contributed by atoms with Gasteiger partial charge in [-0.05, 0) is 36.8 Å². The van der Waals surface area contributed by atoms with Crippen LogP contribution in [0.3, 0.4) is 0 Å². The maximum Gasteiger partial charge on any atom is 0.316 e. The SMILES string of the molecule is CCOc1ccc(N2CCN(Cc3ccccc3)C(=O)C2=O)cc1. The highest BCUT2D eigenvalue weighted by atomic mass is 16.5. The number of hydrogen-bond donors (Lipinski definition) is 0. The molecule has 0 N–H and O–H groups in total. The van der Waals surface area contributed by atoms with Crippen molar-refractivity contribution in [2.24, 2.45) is 0 Å². The topological polar surface area (TPSA) is 49.9 Å². The fourth-order valence-corrected chi connectivity index (χ4v) is 2.76. The minimum Gasteiger partial charge on any atom is -0.494 e. The number of rotatable bonds is 5. The summed E-state index contributed by atoms with van der Waals surface area (Å²) >= 11 is 0. The van der Waals surface area contributed by atoms with Gasteiger partial charge in [0.1, 0.15) is 5.75 Å². The van der Waals surface area contributed by atoms with Crippen LogP contribution in [0.5, 0.6) is 5.75 Å². The minimum atomic E-state index is -0.485. The van der Waals surface area contributed by atoms with Gasteiger partial charge in [-0.1, -0.05) is 30.3 Å². The van der Waals surface area contributed by atoms with Gasteiger partial charge in [-0.25, -0.2) is 0 Å². The maximum atomic E-state index is 12.4. The molecular formula is C19H20N2O3. The summed E-state index contributed by atoms with van der Waals surface area (Å²) in [6.07, 6.45) is 0. The zero-order valence-electron chi connectivity index (χ0n) is 13.6. The molecule has 0 saturated carbocycles. The molecule has 0 aromatic heterocycles. The lowest BCUT2D eigenvalue weighted by atomic mass is 10.1. The van der Waals surface area contributed by atoms with Crippen molar-refractivity contribution >= 4 is 17.5 Å². The van der Waals surface area contributed by atoms with Crippen LogP contribution in [0.2, 0.25) is 0 Å². The molecule has 0 aliphatic carbocycles. The third-order valence-electron chi connectivity index (χ3n) is 3.98. The Labute approximate surface area is 141 Å². The summed E-state index contributed by atoms with van der Waals surface area (Å²) in [6.45, 7) is 3.98. The molecule has 0 unspecified atom stereocenters. The molecule has 1 aliphatic rings. The third-order valence-corrected chi connectivity index (χ3v) is 3.98. The average molecular weight is 324 g/mol. The molecule has 5 heteroatoms. The second-order valence-electron chi connectivity index (χ2n) is 5.60. The number of benzene rings is 2. The highest BCUT2D eigenvalue weighted by Crippen LogP contribution is 2.22. The Morgan fingerprint density at radius 2 is 1.62 bits per heavy atom. The van der Waals surface area contributed by atoms with Crippen molar-refractivity contribution in [2.45, 2.75) is 13.5 Å². The number of anilines is 1. The van der Waals surface area contributed by atoms with Crippen molar-refractivity contribution in [3.8, 4) is 5.75 Å². The lowest BCUT2D eigenvalue weighted by molar-refractivity contribution is -0.146. The number of ether oxygens (including phenoxy) is 1. The third kappa shape index (κ3) is 3.40. The van der Waals surface area contributed by atoms with Crippen LogP contribution in [-0.4, -0.2) is 36.4 Å². The standard InChI is InChI=1S/C19H20N2O3/c1-2-24-17-10-8-16(9-11-17)21-13-12-20(18(22)19(21)23)14-15-6-4-3-5-7-15/h3-11H,2,12-14H2,1H3.